The number of nitrogens with zero attached hydrogens (tertiary/aromatic N) is 3. The summed E-state index contributed by atoms with van der Waals surface area (Å²) in [5.74, 6) is 1.09. The van der Waals surface area contributed by atoms with Crippen molar-refractivity contribution in [3.63, 3.8) is 0 Å². The molecular weight excluding hydrogens is 314 g/mol. The molecule has 0 unspecified atom stereocenters. The Morgan fingerprint density at radius 2 is 1.96 bits per heavy atom. The average molecular weight is 327 g/mol. The summed E-state index contributed by atoms with van der Waals surface area (Å²) in [5, 5.41) is 14.7. The van der Waals surface area contributed by atoms with Gasteiger partial charge in [0.25, 0.3) is 5.69 Å². The second kappa shape index (κ2) is 4.62. The number of rotatable bonds is 3. The van der Waals surface area contributed by atoms with Crippen molar-refractivity contribution in [3.05, 3.63) is 40.3 Å². The number of esters is 1. The molecule has 122 valence electrons. The lowest BCUT2D eigenvalue weighted by Crippen LogP contribution is -2.24. The molecule has 2 saturated carbocycles. The van der Waals surface area contributed by atoms with Crippen molar-refractivity contribution in [1.29, 1.82) is 0 Å². The van der Waals surface area contributed by atoms with E-state index in [-0.39, 0.29) is 35.5 Å². The predicted molar refractivity (Wildman–Crippen MR) is 78.7 cm³/mol. The van der Waals surface area contributed by atoms with Crippen LogP contribution in [0.3, 0.4) is 0 Å². The summed E-state index contributed by atoms with van der Waals surface area (Å²) in [6.07, 6.45) is 1.91. The van der Waals surface area contributed by atoms with Crippen LogP contribution in [0.5, 0.6) is 0 Å². The van der Waals surface area contributed by atoms with E-state index in [0.29, 0.717) is 23.2 Å². The minimum atomic E-state index is -0.456. The highest BCUT2D eigenvalue weighted by Crippen LogP contribution is 2.61. The molecule has 1 aromatic heterocycles. The van der Waals surface area contributed by atoms with E-state index in [9.17, 15) is 14.9 Å². The average Bonchev–Trinajstić information content (AvgIpc) is 3.30. The zero-order valence-corrected chi connectivity index (χ0v) is 12.5. The zero-order valence-electron chi connectivity index (χ0n) is 12.5. The third-order valence-corrected chi connectivity index (χ3v) is 5.55. The fourth-order valence-corrected chi connectivity index (χ4v) is 4.56. The van der Waals surface area contributed by atoms with Crippen LogP contribution in [0.15, 0.2) is 28.8 Å². The molecule has 5 atom stereocenters. The third kappa shape index (κ3) is 1.76. The van der Waals surface area contributed by atoms with Crippen LogP contribution in [0.1, 0.15) is 24.7 Å². The normalized spacial score (nSPS) is 33.0. The lowest BCUT2D eigenvalue weighted by molar-refractivity contribution is -0.384. The third-order valence-electron chi connectivity index (χ3n) is 5.55. The van der Waals surface area contributed by atoms with Crippen LogP contribution in [0.25, 0.3) is 11.4 Å². The number of nitro benzene ring substituents is 1. The minimum Gasteiger partial charge on any atom is -0.462 e. The van der Waals surface area contributed by atoms with Crippen LogP contribution in [0, 0.1) is 27.9 Å². The van der Waals surface area contributed by atoms with Crippen LogP contribution < -0.4 is 0 Å². The van der Waals surface area contributed by atoms with Gasteiger partial charge in [0.05, 0.1) is 16.8 Å². The first-order valence-corrected chi connectivity index (χ1v) is 7.91. The van der Waals surface area contributed by atoms with Gasteiger partial charge in [0.1, 0.15) is 6.10 Å². The van der Waals surface area contributed by atoms with Gasteiger partial charge in [0.15, 0.2) is 0 Å². The Bertz CT molecular complexity index is 844. The zero-order chi connectivity index (χ0) is 16.4. The van der Waals surface area contributed by atoms with Crippen molar-refractivity contribution in [2.24, 2.45) is 17.8 Å². The topological polar surface area (TPSA) is 108 Å². The standard InChI is InChI=1S/C16H13N3O5/c20-16-13-10-5-8(6-11(10)23-16)12(13)15-17-14(18-24-15)7-1-3-9(4-2-7)19(21)22/h1-4,8,10-13H,5-6H2/t8-,10-,11-,12-,13-/m1/s1. The summed E-state index contributed by atoms with van der Waals surface area (Å²) in [5.41, 5.74) is 0.654. The Hall–Kier alpha value is -2.77. The summed E-state index contributed by atoms with van der Waals surface area (Å²) in [7, 11) is 0. The second-order valence-electron chi connectivity index (χ2n) is 6.68. The number of ether oxygens (including phenoxy) is 1. The van der Waals surface area contributed by atoms with Gasteiger partial charge in [0.2, 0.25) is 11.7 Å². The van der Waals surface area contributed by atoms with Crippen molar-refractivity contribution in [3.8, 4) is 11.4 Å². The van der Waals surface area contributed by atoms with Gasteiger partial charge in [-0.25, -0.2) is 0 Å². The second-order valence-corrected chi connectivity index (χ2v) is 6.68. The van der Waals surface area contributed by atoms with Gasteiger partial charge in [-0.05, 0) is 30.9 Å². The molecule has 2 heterocycles. The summed E-state index contributed by atoms with van der Waals surface area (Å²) in [6, 6.07) is 5.99. The SMILES string of the molecule is O=C1O[C@@H]2C[C@H]3C[C@H]2[C@@H]1[C@@H]3c1nc(-c2ccc([N+](=O)[O-])cc2)no1. The van der Waals surface area contributed by atoms with E-state index in [4.69, 9.17) is 9.26 Å². The number of carbonyl (C=O) groups excluding carboxylic acids is 1. The van der Waals surface area contributed by atoms with Crippen molar-refractivity contribution >= 4 is 11.7 Å². The highest BCUT2D eigenvalue weighted by atomic mass is 16.6. The number of carbonyl (C=O) groups is 1. The van der Waals surface area contributed by atoms with Crippen LogP contribution >= 0.6 is 0 Å². The number of benzene rings is 1. The molecule has 2 aromatic rings. The van der Waals surface area contributed by atoms with Gasteiger partial charge in [0, 0.05) is 23.6 Å². The maximum absolute atomic E-state index is 12.1. The summed E-state index contributed by atoms with van der Waals surface area (Å²) >= 11 is 0. The quantitative estimate of drug-likeness (QED) is 0.483. The fourth-order valence-electron chi connectivity index (χ4n) is 4.56. The molecule has 0 spiro atoms. The van der Waals surface area contributed by atoms with Crippen molar-refractivity contribution < 1.29 is 19.0 Å². The number of fused-ring (bicyclic) bond motifs is 1. The summed E-state index contributed by atoms with van der Waals surface area (Å²) in [6.45, 7) is 0. The largest absolute Gasteiger partial charge is 0.462 e. The molecule has 3 fully saturated rings. The number of non-ortho nitro benzene ring substituents is 1. The number of hydrogen-bond acceptors (Lipinski definition) is 7. The number of hydrogen-bond donors (Lipinski definition) is 0. The molecule has 24 heavy (non-hydrogen) atoms. The molecule has 1 aromatic carbocycles. The predicted octanol–water partition coefficient (Wildman–Crippen LogP) is 2.31. The monoisotopic (exact) mass is 327 g/mol. The highest BCUT2D eigenvalue weighted by molar-refractivity contribution is 5.78. The van der Waals surface area contributed by atoms with Gasteiger partial charge >= 0.3 is 5.97 Å². The number of nitro groups is 1. The molecule has 5 rings (SSSR count). The lowest BCUT2D eigenvalue weighted by Gasteiger charge is -2.20. The van der Waals surface area contributed by atoms with Crippen molar-refractivity contribution in [2.45, 2.75) is 24.9 Å². The molecule has 1 aliphatic heterocycles. The maximum Gasteiger partial charge on any atom is 0.310 e. The van der Waals surface area contributed by atoms with E-state index >= 15 is 0 Å². The Kier molecular flexibility index (Phi) is 2.63. The first kappa shape index (κ1) is 13.6. The Labute approximate surface area is 136 Å². The van der Waals surface area contributed by atoms with E-state index in [1.165, 1.54) is 12.1 Å². The molecule has 0 N–H and O–H groups in total. The van der Waals surface area contributed by atoms with Gasteiger partial charge in [-0.1, -0.05) is 5.16 Å². The first-order chi connectivity index (χ1) is 11.6. The van der Waals surface area contributed by atoms with Gasteiger partial charge in [-0.3, -0.25) is 14.9 Å². The molecule has 8 nitrogen and oxygen atoms in total. The molecule has 2 bridgehead atoms. The van der Waals surface area contributed by atoms with E-state index in [1.807, 2.05) is 0 Å². The van der Waals surface area contributed by atoms with E-state index in [1.54, 1.807) is 12.1 Å². The number of aromatic nitrogens is 2. The van der Waals surface area contributed by atoms with Crippen LogP contribution in [-0.4, -0.2) is 27.1 Å². The van der Waals surface area contributed by atoms with Gasteiger partial charge < -0.3 is 9.26 Å². The molecule has 1 saturated heterocycles. The van der Waals surface area contributed by atoms with Crippen molar-refractivity contribution in [2.75, 3.05) is 0 Å². The van der Waals surface area contributed by atoms with Crippen LogP contribution in [-0.2, 0) is 9.53 Å². The molecule has 2 aliphatic carbocycles. The van der Waals surface area contributed by atoms with E-state index in [2.05, 4.69) is 10.1 Å². The fraction of sp³-hybridized carbons (Fsp3) is 0.438. The van der Waals surface area contributed by atoms with Crippen LogP contribution in [0.2, 0.25) is 0 Å². The highest BCUT2D eigenvalue weighted by Gasteiger charge is 2.63. The molecule has 0 amide bonds. The smallest absolute Gasteiger partial charge is 0.310 e. The van der Waals surface area contributed by atoms with E-state index in [0.717, 1.165) is 12.8 Å². The maximum atomic E-state index is 12.1. The molecule has 8 heteroatoms. The summed E-state index contributed by atoms with van der Waals surface area (Å²) in [4.78, 5) is 26.8. The van der Waals surface area contributed by atoms with Gasteiger partial charge in [-0.15, -0.1) is 0 Å². The van der Waals surface area contributed by atoms with Crippen molar-refractivity contribution in [1.82, 2.24) is 10.1 Å². The Balaban J connectivity index is 1.45. The van der Waals surface area contributed by atoms with Gasteiger partial charge in [-0.2, -0.15) is 4.98 Å². The van der Waals surface area contributed by atoms with E-state index < -0.39 is 4.92 Å². The summed E-state index contributed by atoms with van der Waals surface area (Å²) < 4.78 is 10.9. The molecule has 3 aliphatic rings. The Morgan fingerprint density at radius 3 is 2.71 bits per heavy atom. The first-order valence-electron chi connectivity index (χ1n) is 7.91. The minimum absolute atomic E-state index is 0.00955. The molecular formula is C16H13N3O5. The Morgan fingerprint density at radius 1 is 1.17 bits per heavy atom. The lowest BCUT2D eigenvalue weighted by atomic mass is 9.80. The molecule has 0 radical (unpaired) electrons. The van der Waals surface area contributed by atoms with Crippen LogP contribution in [0.4, 0.5) is 5.69 Å².